The molecule has 1 aromatic carbocycles. The van der Waals surface area contributed by atoms with E-state index in [4.69, 9.17) is 0 Å². The number of pyridine rings is 1. The van der Waals surface area contributed by atoms with Gasteiger partial charge in [-0.15, -0.1) is 0 Å². The molecule has 3 rings (SSSR count). The lowest BCUT2D eigenvalue weighted by atomic mass is 10.1. The Bertz CT molecular complexity index is 1040. The number of halogens is 3. The monoisotopic (exact) mass is 430 g/mol. The summed E-state index contributed by atoms with van der Waals surface area (Å²) < 4.78 is 42.8. The molecule has 0 bridgehead atoms. The molecule has 0 aliphatic heterocycles. The van der Waals surface area contributed by atoms with E-state index in [1.165, 1.54) is 10.7 Å². The topological polar surface area (TPSA) is 67.1 Å². The van der Waals surface area contributed by atoms with Gasteiger partial charge in [-0.2, -0.15) is 18.3 Å². The maximum absolute atomic E-state index is 13.8. The molecule has 31 heavy (non-hydrogen) atoms. The Labute approximate surface area is 179 Å². The zero-order valence-corrected chi connectivity index (χ0v) is 17.7. The van der Waals surface area contributed by atoms with Gasteiger partial charge in [0, 0.05) is 18.4 Å². The summed E-state index contributed by atoms with van der Waals surface area (Å²) in [4.78, 5) is 8.56. The Hall–Kier alpha value is -3.36. The van der Waals surface area contributed by atoms with Gasteiger partial charge >= 0.3 is 6.18 Å². The third kappa shape index (κ3) is 5.84. The predicted molar refractivity (Wildman–Crippen MR) is 114 cm³/mol. The first-order chi connectivity index (χ1) is 14.8. The van der Waals surface area contributed by atoms with E-state index >= 15 is 0 Å². The van der Waals surface area contributed by atoms with Gasteiger partial charge in [-0.05, 0) is 56.7 Å². The number of hydrogen-bond acceptors (Lipinski definition) is 3. The summed E-state index contributed by atoms with van der Waals surface area (Å²) in [7, 11) is 0. The lowest BCUT2D eigenvalue weighted by Crippen LogP contribution is -2.37. The number of rotatable bonds is 6. The molecular formula is C22H25F3N6. The lowest BCUT2D eigenvalue weighted by Gasteiger charge is -2.15. The summed E-state index contributed by atoms with van der Waals surface area (Å²) in [6.07, 6.45) is -2.82. The number of aliphatic imine (C=N–C) groups is 1. The first-order valence-corrected chi connectivity index (χ1v) is 9.93. The van der Waals surface area contributed by atoms with Gasteiger partial charge < -0.3 is 10.6 Å². The molecule has 9 heteroatoms. The molecule has 2 N–H and O–H groups in total. The van der Waals surface area contributed by atoms with Crippen molar-refractivity contribution in [2.45, 2.75) is 40.0 Å². The number of alkyl halides is 3. The van der Waals surface area contributed by atoms with E-state index in [2.05, 4.69) is 25.7 Å². The number of aromatic nitrogens is 3. The smallest absolute Gasteiger partial charge is 0.357 e. The van der Waals surface area contributed by atoms with Crippen LogP contribution in [0, 0.1) is 13.8 Å². The van der Waals surface area contributed by atoms with Crippen LogP contribution >= 0.6 is 0 Å². The van der Waals surface area contributed by atoms with E-state index in [9.17, 15) is 13.2 Å². The van der Waals surface area contributed by atoms with Crippen LogP contribution in [0.5, 0.6) is 0 Å². The number of guanidine groups is 1. The van der Waals surface area contributed by atoms with Crippen molar-refractivity contribution in [3.8, 4) is 5.69 Å². The summed E-state index contributed by atoms with van der Waals surface area (Å²) in [6, 6.07) is 11.6. The van der Waals surface area contributed by atoms with Gasteiger partial charge in [0.05, 0.1) is 35.7 Å². The minimum Gasteiger partial charge on any atom is -0.357 e. The second-order valence-corrected chi connectivity index (χ2v) is 7.05. The molecule has 2 aromatic heterocycles. The van der Waals surface area contributed by atoms with Crippen molar-refractivity contribution < 1.29 is 13.2 Å². The highest BCUT2D eigenvalue weighted by molar-refractivity contribution is 5.79. The van der Waals surface area contributed by atoms with E-state index < -0.39 is 11.7 Å². The molecule has 0 aliphatic rings. The van der Waals surface area contributed by atoms with Gasteiger partial charge in [-0.25, -0.2) is 9.67 Å². The van der Waals surface area contributed by atoms with Gasteiger partial charge in [0.25, 0.3) is 0 Å². The van der Waals surface area contributed by atoms with Gasteiger partial charge in [0.2, 0.25) is 0 Å². The van der Waals surface area contributed by atoms with Crippen molar-refractivity contribution in [3.63, 3.8) is 0 Å². The van der Waals surface area contributed by atoms with Crippen LogP contribution in [0.25, 0.3) is 5.69 Å². The Morgan fingerprint density at radius 2 is 1.90 bits per heavy atom. The number of hydrogen-bond donors (Lipinski definition) is 2. The Morgan fingerprint density at radius 1 is 1.10 bits per heavy atom. The standard InChI is InChI=1S/C22H25F3N6/c1-4-26-21(29-14-18-7-5-6-10-27-18)28-13-17-8-9-19(12-20(17)22(23,24)25)31-16(3)11-15(2)30-31/h5-12H,4,13-14H2,1-3H3,(H2,26,28,29). The molecule has 3 aromatic rings. The minimum atomic E-state index is -4.50. The predicted octanol–water partition coefficient (Wildman–Crippen LogP) is 4.16. The summed E-state index contributed by atoms with van der Waals surface area (Å²) in [5, 5.41) is 10.4. The molecule has 6 nitrogen and oxygen atoms in total. The highest BCUT2D eigenvalue weighted by atomic mass is 19.4. The van der Waals surface area contributed by atoms with E-state index in [1.54, 1.807) is 26.1 Å². The van der Waals surface area contributed by atoms with Crippen molar-refractivity contribution >= 4 is 5.96 Å². The molecule has 0 aliphatic carbocycles. The Balaban J connectivity index is 1.85. The van der Waals surface area contributed by atoms with E-state index in [1.807, 2.05) is 31.2 Å². The van der Waals surface area contributed by atoms with Crippen LogP contribution in [-0.4, -0.2) is 27.3 Å². The van der Waals surface area contributed by atoms with Crippen LogP contribution in [-0.2, 0) is 19.3 Å². The van der Waals surface area contributed by atoms with Crippen LogP contribution in [0.15, 0.2) is 53.7 Å². The molecule has 0 radical (unpaired) electrons. The van der Waals surface area contributed by atoms with E-state index in [-0.39, 0.29) is 12.1 Å². The van der Waals surface area contributed by atoms with Crippen LogP contribution < -0.4 is 10.6 Å². The summed E-state index contributed by atoms with van der Waals surface area (Å²) in [5.74, 6) is 0.420. The van der Waals surface area contributed by atoms with Crippen molar-refractivity contribution in [3.05, 3.63) is 76.9 Å². The largest absolute Gasteiger partial charge is 0.416 e. The van der Waals surface area contributed by atoms with Gasteiger partial charge in [-0.1, -0.05) is 12.1 Å². The highest BCUT2D eigenvalue weighted by Gasteiger charge is 2.33. The quantitative estimate of drug-likeness (QED) is 0.455. The molecule has 0 amide bonds. The maximum atomic E-state index is 13.8. The molecule has 164 valence electrons. The average Bonchev–Trinajstić information content (AvgIpc) is 3.08. The summed E-state index contributed by atoms with van der Waals surface area (Å²) in [6.45, 7) is 6.37. The van der Waals surface area contributed by atoms with Gasteiger partial charge in [0.15, 0.2) is 5.96 Å². The fourth-order valence-electron chi connectivity index (χ4n) is 3.17. The zero-order valence-electron chi connectivity index (χ0n) is 17.7. The second kappa shape index (κ2) is 9.63. The van der Waals surface area contributed by atoms with E-state index in [0.717, 1.165) is 23.1 Å². The first-order valence-electron chi connectivity index (χ1n) is 9.93. The summed E-state index contributed by atoms with van der Waals surface area (Å²) >= 11 is 0. The molecular weight excluding hydrogens is 405 g/mol. The van der Waals surface area contributed by atoms with E-state index in [0.29, 0.717) is 24.7 Å². The van der Waals surface area contributed by atoms with Crippen molar-refractivity contribution in [1.29, 1.82) is 0 Å². The normalized spacial score (nSPS) is 12.1. The molecule has 0 atom stereocenters. The molecule has 0 saturated carbocycles. The number of nitrogens with zero attached hydrogens (tertiary/aromatic N) is 4. The summed E-state index contributed by atoms with van der Waals surface area (Å²) in [5.41, 5.74) is 2.05. The zero-order chi connectivity index (χ0) is 22.4. The highest BCUT2D eigenvalue weighted by Crippen LogP contribution is 2.34. The Kier molecular flexibility index (Phi) is 6.94. The number of nitrogens with one attached hydrogen (secondary N) is 2. The van der Waals surface area contributed by atoms with Crippen molar-refractivity contribution in [2.75, 3.05) is 6.54 Å². The fraction of sp³-hybridized carbons (Fsp3) is 0.318. The first kappa shape index (κ1) is 22.3. The molecule has 0 fully saturated rings. The average molecular weight is 430 g/mol. The SMILES string of the molecule is CCNC(=NCc1ccc(-n2nc(C)cc2C)cc1C(F)(F)F)NCc1ccccn1. The lowest BCUT2D eigenvalue weighted by molar-refractivity contribution is -0.138. The fourth-order valence-corrected chi connectivity index (χ4v) is 3.17. The van der Waals surface area contributed by atoms with Crippen LogP contribution in [0.2, 0.25) is 0 Å². The van der Waals surface area contributed by atoms with Crippen LogP contribution in [0.3, 0.4) is 0 Å². The second-order valence-electron chi connectivity index (χ2n) is 7.05. The van der Waals surface area contributed by atoms with Crippen LogP contribution in [0.4, 0.5) is 13.2 Å². The molecule has 0 saturated heterocycles. The molecule has 0 unspecified atom stereocenters. The number of aryl methyl sites for hydroxylation is 2. The molecule has 2 heterocycles. The Morgan fingerprint density at radius 3 is 2.52 bits per heavy atom. The molecule has 0 spiro atoms. The van der Waals surface area contributed by atoms with Crippen molar-refractivity contribution in [1.82, 2.24) is 25.4 Å². The van der Waals surface area contributed by atoms with Crippen LogP contribution in [0.1, 0.15) is 35.1 Å². The van der Waals surface area contributed by atoms with Crippen molar-refractivity contribution in [2.24, 2.45) is 4.99 Å². The maximum Gasteiger partial charge on any atom is 0.416 e. The minimum absolute atomic E-state index is 0.0906. The third-order valence-corrected chi connectivity index (χ3v) is 4.57. The van der Waals surface area contributed by atoms with Gasteiger partial charge in [-0.3, -0.25) is 4.98 Å². The number of benzene rings is 1. The third-order valence-electron chi connectivity index (χ3n) is 4.57. The van der Waals surface area contributed by atoms with Gasteiger partial charge in [0.1, 0.15) is 0 Å².